The lowest BCUT2D eigenvalue weighted by Crippen LogP contribution is -2.23. The maximum Gasteiger partial charge on any atom is 0.412 e. The van der Waals surface area contributed by atoms with Gasteiger partial charge < -0.3 is 9.47 Å². The summed E-state index contributed by atoms with van der Waals surface area (Å²) in [4.78, 5) is 39.7. The second-order valence-electron chi connectivity index (χ2n) is 7.89. The molecule has 0 spiro atoms. The summed E-state index contributed by atoms with van der Waals surface area (Å²) in [7, 11) is 0. The fraction of sp³-hybridized carbons (Fsp3) is 0.222. The molecule has 1 N–H and O–H groups in total. The molecule has 0 atom stereocenters. The summed E-state index contributed by atoms with van der Waals surface area (Å²) in [6.45, 7) is 2.12. The Balaban J connectivity index is 1.34. The average Bonchev–Trinajstić information content (AvgIpc) is 3.17. The van der Waals surface area contributed by atoms with Crippen LogP contribution in [-0.4, -0.2) is 34.8 Å². The number of rotatable bonds is 8. The zero-order valence-electron chi connectivity index (χ0n) is 19.3. The summed E-state index contributed by atoms with van der Waals surface area (Å²) < 4.78 is 11.6. The van der Waals surface area contributed by atoms with Crippen molar-refractivity contribution in [1.82, 2.24) is 9.55 Å². The van der Waals surface area contributed by atoms with Crippen molar-refractivity contribution >= 4 is 24.1 Å². The molecular weight excluding hydrogens is 446 g/mol. The Morgan fingerprint density at radius 2 is 1.74 bits per heavy atom. The maximum atomic E-state index is 12.4. The van der Waals surface area contributed by atoms with Crippen LogP contribution in [0.1, 0.15) is 36.8 Å². The maximum absolute atomic E-state index is 12.4. The van der Waals surface area contributed by atoms with E-state index in [1.165, 1.54) is 29.1 Å². The first-order chi connectivity index (χ1) is 17.1. The van der Waals surface area contributed by atoms with E-state index >= 15 is 0 Å². The fourth-order valence-corrected chi connectivity index (χ4v) is 3.91. The minimum absolute atomic E-state index is 0.0627. The Bertz CT molecular complexity index is 1310. The number of carbonyl (C=O) groups is 2. The van der Waals surface area contributed by atoms with Crippen molar-refractivity contribution in [2.75, 3.05) is 18.5 Å². The smallest absolute Gasteiger partial charge is 0.412 e. The standard InChI is InChI=1S/C27H25N3O5/c1-2-9-25(31)34-17-8-7-15-30-16-14-24(28-26(30)32)29-27(33)35-18-23-21-12-5-3-10-19(21)20-11-4-6-13-22(20)23/h3-6,8,10-16,23H,2,9,17-18H2,1H3,(H,28,29,32,33). The first-order valence-electron chi connectivity index (χ1n) is 11.3. The van der Waals surface area contributed by atoms with Crippen molar-refractivity contribution in [3.05, 3.63) is 94.2 Å². The number of hydrogen-bond donors (Lipinski definition) is 1. The summed E-state index contributed by atoms with van der Waals surface area (Å²) in [6, 6.07) is 17.6. The van der Waals surface area contributed by atoms with Crippen LogP contribution in [0.5, 0.6) is 0 Å². The first kappa shape index (κ1) is 23.7. The van der Waals surface area contributed by atoms with Gasteiger partial charge in [0.05, 0.1) is 6.20 Å². The molecule has 35 heavy (non-hydrogen) atoms. The summed E-state index contributed by atoms with van der Waals surface area (Å²) in [5, 5.41) is 2.50. The summed E-state index contributed by atoms with van der Waals surface area (Å²) in [6.07, 6.45) is 4.68. The Hall–Kier alpha value is -4.42. The number of nitrogens with zero attached hydrogens (tertiary/aromatic N) is 2. The van der Waals surface area contributed by atoms with Crippen molar-refractivity contribution in [2.24, 2.45) is 0 Å². The van der Waals surface area contributed by atoms with Crippen LogP contribution in [0.4, 0.5) is 10.6 Å². The number of amides is 1. The largest absolute Gasteiger partial charge is 0.461 e. The quantitative estimate of drug-likeness (QED) is 0.382. The van der Waals surface area contributed by atoms with E-state index in [9.17, 15) is 14.4 Å². The molecule has 2 aromatic carbocycles. The van der Waals surface area contributed by atoms with E-state index in [4.69, 9.17) is 9.47 Å². The molecule has 0 aliphatic heterocycles. The van der Waals surface area contributed by atoms with Gasteiger partial charge in [0.1, 0.15) is 19.0 Å². The minimum atomic E-state index is -0.694. The average molecular weight is 472 g/mol. The monoisotopic (exact) mass is 471 g/mol. The Morgan fingerprint density at radius 3 is 2.40 bits per heavy atom. The highest BCUT2D eigenvalue weighted by molar-refractivity contribution is 5.83. The lowest BCUT2D eigenvalue weighted by Gasteiger charge is -2.14. The van der Waals surface area contributed by atoms with Crippen LogP contribution in [0.25, 0.3) is 17.3 Å². The second kappa shape index (κ2) is 11.1. The lowest BCUT2D eigenvalue weighted by molar-refractivity contribution is -0.142. The molecule has 8 nitrogen and oxygen atoms in total. The number of anilines is 1. The zero-order valence-corrected chi connectivity index (χ0v) is 19.3. The van der Waals surface area contributed by atoms with Crippen LogP contribution in [0, 0.1) is 0 Å². The van der Waals surface area contributed by atoms with Gasteiger partial charge in [0.25, 0.3) is 0 Å². The molecule has 1 heterocycles. The Labute approximate surface area is 202 Å². The molecule has 3 aromatic rings. The Kier molecular flexibility index (Phi) is 7.55. The van der Waals surface area contributed by atoms with Crippen molar-refractivity contribution in [1.29, 1.82) is 0 Å². The topological polar surface area (TPSA) is 99.5 Å². The van der Waals surface area contributed by atoms with Crippen LogP contribution < -0.4 is 11.0 Å². The molecule has 0 saturated carbocycles. The summed E-state index contributed by atoms with van der Waals surface area (Å²) >= 11 is 0. The molecule has 1 amide bonds. The number of hydrogen-bond acceptors (Lipinski definition) is 6. The third kappa shape index (κ3) is 5.75. The van der Waals surface area contributed by atoms with E-state index in [0.717, 1.165) is 28.7 Å². The SMILES string of the molecule is CCCC(=O)OCC=C=Cn1ccc(NC(=O)OCC2c3ccccc3-c3ccccc32)nc1=O. The van der Waals surface area contributed by atoms with E-state index in [1.54, 1.807) is 0 Å². The number of benzene rings is 2. The zero-order chi connectivity index (χ0) is 24.6. The number of fused-ring (bicyclic) bond motifs is 3. The van der Waals surface area contributed by atoms with Gasteiger partial charge in [0.15, 0.2) is 0 Å². The number of ether oxygens (including phenoxy) is 2. The molecule has 0 unspecified atom stereocenters. The van der Waals surface area contributed by atoms with Crippen LogP contribution in [0.2, 0.25) is 0 Å². The van der Waals surface area contributed by atoms with E-state index in [1.807, 2.05) is 43.3 Å². The highest BCUT2D eigenvalue weighted by atomic mass is 16.5. The van der Waals surface area contributed by atoms with E-state index in [0.29, 0.717) is 6.42 Å². The predicted octanol–water partition coefficient (Wildman–Crippen LogP) is 4.57. The molecule has 1 aliphatic rings. The molecular formula is C27H25N3O5. The fourth-order valence-electron chi connectivity index (χ4n) is 3.91. The number of carbonyl (C=O) groups excluding carboxylic acids is 2. The predicted molar refractivity (Wildman–Crippen MR) is 132 cm³/mol. The van der Waals surface area contributed by atoms with Crippen LogP contribution >= 0.6 is 0 Å². The molecule has 178 valence electrons. The van der Waals surface area contributed by atoms with Crippen molar-refractivity contribution in [2.45, 2.75) is 25.7 Å². The van der Waals surface area contributed by atoms with Gasteiger partial charge in [-0.3, -0.25) is 14.7 Å². The molecule has 8 heteroatoms. The second-order valence-corrected chi connectivity index (χ2v) is 7.89. The van der Waals surface area contributed by atoms with Gasteiger partial charge in [-0.05, 0) is 40.8 Å². The minimum Gasteiger partial charge on any atom is -0.461 e. The lowest BCUT2D eigenvalue weighted by atomic mass is 9.98. The highest BCUT2D eigenvalue weighted by Gasteiger charge is 2.29. The normalized spacial score (nSPS) is 11.6. The molecule has 0 saturated heterocycles. The van der Waals surface area contributed by atoms with Gasteiger partial charge in [-0.1, -0.05) is 55.5 Å². The van der Waals surface area contributed by atoms with Gasteiger partial charge >= 0.3 is 17.8 Å². The highest BCUT2D eigenvalue weighted by Crippen LogP contribution is 2.44. The number of nitrogens with one attached hydrogen (secondary N) is 1. The van der Waals surface area contributed by atoms with Crippen molar-refractivity contribution in [3.8, 4) is 11.1 Å². The number of aromatic nitrogens is 2. The Morgan fingerprint density at radius 1 is 1.06 bits per heavy atom. The third-order valence-electron chi connectivity index (χ3n) is 5.52. The van der Waals surface area contributed by atoms with Gasteiger partial charge in [-0.2, -0.15) is 4.98 Å². The first-order valence-corrected chi connectivity index (χ1v) is 11.3. The third-order valence-corrected chi connectivity index (χ3v) is 5.52. The molecule has 1 aliphatic carbocycles. The van der Waals surface area contributed by atoms with Gasteiger partial charge in [-0.25, -0.2) is 9.59 Å². The van der Waals surface area contributed by atoms with Gasteiger partial charge in [-0.15, -0.1) is 5.73 Å². The van der Waals surface area contributed by atoms with Crippen LogP contribution in [0.3, 0.4) is 0 Å². The molecule has 0 fully saturated rings. The van der Waals surface area contributed by atoms with Gasteiger partial charge in [0, 0.05) is 18.5 Å². The number of esters is 1. The van der Waals surface area contributed by atoms with Crippen LogP contribution in [0.15, 0.2) is 77.4 Å². The van der Waals surface area contributed by atoms with Crippen molar-refractivity contribution in [3.63, 3.8) is 0 Å². The summed E-state index contributed by atoms with van der Waals surface area (Å²) in [5.41, 5.74) is 6.66. The van der Waals surface area contributed by atoms with Crippen LogP contribution in [-0.2, 0) is 14.3 Å². The van der Waals surface area contributed by atoms with E-state index in [2.05, 4.69) is 28.2 Å². The molecule has 1 aromatic heterocycles. The van der Waals surface area contributed by atoms with E-state index < -0.39 is 11.8 Å². The molecule has 0 radical (unpaired) electrons. The molecule has 4 rings (SSSR count). The van der Waals surface area contributed by atoms with Gasteiger partial charge in [0.2, 0.25) is 0 Å². The van der Waals surface area contributed by atoms with Crippen molar-refractivity contribution < 1.29 is 19.1 Å². The summed E-state index contributed by atoms with van der Waals surface area (Å²) in [5.74, 6) is -0.269. The molecule has 0 bridgehead atoms. The van der Waals surface area contributed by atoms with E-state index in [-0.39, 0.29) is 30.9 Å².